The molecule has 1 fully saturated rings. The summed E-state index contributed by atoms with van der Waals surface area (Å²) in [4.78, 5) is 27.1. The molecule has 1 aliphatic heterocycles. The molecule has 204 valence electrons. The number of fused-ring (bicyclic) bond motifs is 3. The molecule has 1 unspecified atom stereocenters. The molecular weight excluding hydrogens is 498 g/mol. The van der Waals surface area contributed by atoms with Crippen LogP contribution in [0.5, 0.6) is 11.5 Å². The van der Waals surface area contributed by atoms with Crippen molar-refractivity contribution in [2.24, 2.45) is 5.73 Å². The summed E-state index contributed by atoms with van der Waals surface area (Å²) >= 11 is 0. The Balaban J connectivity index is 1.66. The van der Waals surface area contributed by atoms with E-state index >= 15 is 0 Å². The average Bonchev–Trinajstić information content (AvgIpc) is 2.87. The summed E-state index contributed by atoms with van der Waals surface area (Å²) in [5.74, 6) is -2.59. The van der Waals surface area contributed by atoms with Crippen LogP contribution in [0.1, 0.15) is 80.8 Å². The predicted molar refractivity (Wildman–Crippen MR) is 131 cm³/mol. The zero-order valence-electron chi connectivity index (χ0n) is 20.8. The number of carbonyl (C=O) groups excluding carboxylic acids is 2. The number of aliphatic hydroxyl groups is 4. The Kier molecular flexibility index (Phi) is 6.81. The van der Waals surface area contributed by atoms with E-state index in [1.165, 1.54) is 18.2 Å². The van der Waals surface area contributed by atoms with E-state index in [0.29, 0.717) is 0 Å². The van der Waals surface area contributed by atoms with Gasteiger partial charge in [-0.25, -0.2) is 0 Å². The number of ether oxygens (including phenoxy) is 2. The van der Waals surface area contributed by atoms with Crippen molar-refractivity contribution in [2.45, 2.75) is 75.5 Å². The summed E-state index contributed by atoms with van der Waals surface area (Å²) in [6, 6.07) is 3.74. The van der Waals surface area contributed by atoms with Gasteiger partial charge in [0, 0.05) is 54.2 Å². The van der Waals surface area contributed by atoms with Gasteiger partial charge in [-0.2, -0.15) is 0 Å². The third kappa shape index (κ3) is 4.11. The zero-order chi connectivity index (χ0) is 27.5. The van der Waals surface area contributed by atoms with E-state index in [1.807, 2.05) is 0 Å². The molecule has 2 aromatic carbocycles. The quantitative estimate of drug-likeness (QED) is 0.224. The van der Waals surface area contributed by atoms with Crippen LogP contribution in [0.25, 0.3) is 0 Å². The Hall–Kier alpha value is -2.90. The molecule has 0 spiro atoms. The third-order valence-electron chi connectivity index (χ3n) is 7.87. The summed E-state index contributed by atoms with van der Waals surface area (Å²) in [5.41, 5.74) is 3.81. The Labute approximate surface area is 218 Å². The van der Waals surface area contributed by atoms with Crippen LogP contribution < -0.4 is 5.73 Å². The van der Waals surface area contributed by atoms with Crippen molar-refractivity contribution in [3.05, 3.63) is 57.1 Å². The monoisotopic (exact) mass is 529 g/mol. The first kappa shape index (κ1) is 26.7. The Morgan fingerprint density at radius 2 is 1.82 bits per heavy atom. The normalized spacial score (nSPS) is 30.5. The van der Waals surface area contributed by atoms with E-state index in [1.54, 1.807) is 6.92 Å². The zero-order valence-corrected chi connectivity index (χ0v) is 20.8. The molecule has 1 saturated heterocycles. The van der Waals surface area contributed by atoms with Crippen molar-refractivity contribution in [3.63, 3.8) is 0 Å². The van der Waals surface area contributed by atoms with E-state index in [9.17, 15) is 40.2 Å². The van der Waals surface area contributed by atoms with Crippen LogP contribution in [0.15, 0.2) is 18.2 Å². The molecule has 5 rings (SSSR count). The lowest BCUT2D eigenvalue weighted by Gasteiger charge is -2.42. The minimum absolute atomic E-state index is 0.0181. The van der Waals surface area contributed by atoms with E-state index in [0.717, 1.165) is 0 Å². The van der Waals surface area contributed by atoms with Gasteiger partial charge in [0.25, 0.3) is 0 Å². The van der Waals surface area contributed by atoms with Crippen molar-refractivity contribution >= 4 is 11.6 Å². The maximum atomic E-state index is 13.6. The van der Waals surface area contributed by atoms with Crippen LogP contribution in [0.3, 0.4) is 0 Å². The highest BCUT2D eigenvalue weighted by Crippen LogP contribution is 2.52. The third-order valence-corrected chi connectivity index (χ3v) is 7.87. The number of rotatable bonds is 5. The average molecular weight is 530 g/mol. The summed E-state index contributed by atoms with van der Waals surface area (Å²) < 4.78 is 11.9. The van der Waals surface area contributed by atoms with E-state index in [2.05, 4.69) is 0 Å². The number of aromatic hydroxyl groups is 2. The Morgan fingerprint density at radius 3 is 2.47 bits per heavy atom. The predicted octanol–water partition coefficient (Wildman–Crippen LogP) is 0.306. The summed E-state index contributed by atoms with van der Waals surface area (Å²) in [7, 11) is 0. The van der Waals surface area contributed by atoms with Crippen molar-refractivity contribution in [2.75, 3.05) is 6.61 Å². The second kappa shape index (κ2) is 9.69. The molecule has 0 amide bonds. The fourth-order valence-electron chi connectivity index (χ4n) is 5.93. The van der Waals surface area contributed by atoms with E-state index < -0.39 is 77.0 Å². The van der Waals surface area contributed by atoms with Gasteiger partial charge >= 0.3 is 0 Å². The van der Waals surface area contributed by atoms with Crippen molar-refractivity contribution in [1.82, 2.24) is 0 Å². The summed E-state index contributed by atoms with van der Waals surface area (Å²) in [6.07, 6.45) is -4.00. The lowest BCUT2D eigenvalue weighted by molar-refractivity contribution is -0.248. The van der Waals surface area contributed by atoms with Gasteiger partial charge in [-0.3, -0.25) is 9.59 Å². The molecule has 0 aromatic heterocycles. The number of hydrogen-bond acceptors (Lipinski definition) is 11. The Morgan fingerprint density at radius 1 is 1.11 bits per heavy atom. The number of benzene rings is 2. The number of hydrogen-bond donors (Lipinski definition) is 7. The van der Waals surface area contributed by atoms with Crippen LogP contribution in [0.4, 0.5) is 0 Å². The fraction of sp³-hybridized carbons (Fsp3) is 0.481. The van der Waals surface area contributed by atoms with Crippen LogP contribution in [-0.4, -0.2) is 79.0 Å². The Bertz CT molecular complexity index is 1300. The number of phenolic OH excluding ortho intramolecular Hbond substituents is 2. The standard InChI is InChI=1S/C27H31NO10/c1-11-22(31)15(28)7-17(37-11)38-16-9-27(36,5-6-29)8-14-19(16)26(35)21-20(24(14)33)23(32)13-4-2-3-12(10-30)18(13)25(21)34/h2-4,11,15-17,22,29-31,33,35-36H,5-10,28H2,1H3/t11?,15-,16-,17-,22-,27-/m0/s1. The fourth-order valence-corrected chi connectivity index (χ4v) is 5.93. The minimum Gasteiger partial charge on any atom is -0.507 e. The number of ketones is 2. The molecule has 11 heteroatoms. The first-order chi connectivity index (χ1) is 18.0. The molecule has 1 heterocycles. The molecular formula is C27H31NO10. The number of phenols is 2. The van der Waals surface area contributed by atoms with Gasteiger partial charge in [-0.15, -0.1) is 0 Å². The lowest BCUT2D eigenvalue weighted by Crippen LogP contribution is -2.52. The highest BCUT2D eigenvalue weighted by atomic mass is 16.7. The van der Waals surface area contributed by atoms with Crippen molar-refractivity contribution in [1.29, 1.82) is 0 Å². The molecule has 2 aromatic rings. The second-order valence-electron chi connectivity index (χ2n) is 10.4. The van der Waals surface area contributed by atoms with Crippen LogP contribution >= 0.6 is 0 Å². The van der Waals surface area contributed by atoms with Gasteiger partial charge in [0.2, 0.25) is 0 Å². The molecule has 38 heavy (non-hydrogen) atoms. The second-order valence-corrected chi connectivity index (χ2v) is 10.4. The van der Waals surface area contributed by atoms with Crippen molar-refractivity contribution in [3.8, 4) is 11.5 Å². The SMILES string of the molecule is CC1O[C@@H](O[C@H]2C[C@](O)(CCO)Cc3c(O)c4c(c(O)c32)C(=O)c2c(CO)cccc2C4=O)C[C@H](N)[C@H]1O. The summed E-state index contributed by atoms with van der Waals surface area (Å²) in [5, 5.41) is 63.6. The number of nitrogens with two attached hydrogens (primary N) is 1. The van der Waals surface area contributed by atoms with Crippen LogP contribution in [0, 0.1) is 0 Å². The molecule has 0 radical (unpaired) electrons. The molecule has 3 aliphatic rings. The molecule has 11 nitrogen and oxygen atoms in total. The lowest BCUT2D eigenvalue weighted by atomic mass is 9.72. The maximum absolute atomic E-state index is 13.6. The van der Waals surface area contributed by atoms with Gasteiger partial charge in [0.1, 0.15) is 11.5 Å². The first-order valence-electron chi connectivity index (χ1n) is 12.5. The largest absolute Gasteiger partial charge is 0.507 e. The molecule has 2 aliphatic carbocycles. The van der Waals surface area contributed by atoms with Gasteiger partial charge in [-0.1, -0.05) is 18.2 Å². The number of aliphatic hydroxyl groups excluding tert-OH is 3. The molecule has 6 atom stereocenters. The first-order valence-corrected chi connectivity index (χ1v) is 12.5. The molecule has 8 N–H and O–H groups in total. The molecule has 0 saturated carbocycles. The highest BCUT2D eigenvalue weighted by molar-refractivity contribution is 6.31. The minimum atomic E-state index is -1.57. The van der Waals surface area contributed by atoms with E-state index in [4.69, 9.17) is 15.2 Å². The maximum Gasteiger partial charge on any atom is 0.198 e. The number of carbonyl (C=O) groups is 2. The van der Waals surface area contributed by atoms with Gasteiger partial charge in [-0.05, 0) is 18.9 Å². The smallest absolute Gasteiger partial charge is 0.198 e. The van der Waals surface area contributed by atoms with Crippen LogP contribution in [0.2, 0.25) is 0 Å². The highest BCUT2D eigenvalue weighted by Gasteiger charge is 2.47. The van der Waals surface area contributed by atoms with E-state index in [-0.39, 0.29) is 60.1 Å². The van der Waals surface area contributed by atoms with Gasteiger partial charge in [0.05, 0.1) is 41.6 Å². The van der Waals surface area contributed by atoms with Crippen LogP contribution in [-0.2, 0) is 22.5 Å². The van der Waals surface area contributed by atoms with Gasteiger partial charge < -0.3 is 45.8 Å². The topological polar surface area (TPSA) is 200 Å². The van der Waals surface area contributed by atoms with Crippen molar-refractivity contribution < 1.29 is 49.7 Å². The van der Waals surface area contributed by atoms with Gasteiger partial charge in [0.15, 0.2) is 17.9 Å². The summed E-state index contributed by atoms with van der Waals surface area (Å²) in [6.45, 7) is 0.731. The molecule has 0 bridgehead atoms.